The zero-order valence-electron chi connectivity index (χ0n) is 10.5. The van der Waals surface area contributed by atoms with Crippen molar-refractivity contribution in [3.63, 3.8) is 0 Å². The predicted octanol–water partition coefficient (Wildman–Crippen LogP) is -1.50. The summed E-state index contributed by atoms with van der Waals surface area (Å²) in [6, 6.07) is 3.39. The first-order valence-corrected chi connectivity index (χ1v) is 6.09. The lowest BCUT2D eigenvalue weighted by molar-refractivity contribution is -0.131. The molecule has 9 heteroatoms. The number of aliphatic hydroxyl groups is 2. The summed E-state index contributed by atoms with van der Waals surface area (Å²) < 4.78 is 5.13. The van der Waals surface area contributed by atoms with Crippen LogP contribution in [0.1, 0.15) is 0 Å². The van der Waals surface area contributed by atoms with Gasteiger partial charge in [0.15, 0.2) is 5.76 Å². The van der Waals surface area contributed by atoms with E-state index in [1.165, 1.54) is 11.2 Å². The molecule has 3 rings (SSSR count). The van der Waals surface area contributed by atoms with Crippen LogP contribution in [0.15, 0.2) is 22.8 Å². The Morgan fingerprint density at radius 3 is 2.80 bits per heavy atom. The van der Waals surface area contributed by atoms with Crippen LogP contribution < -0.4 is 0 Å². The van der Waals surface area contributed by atoms with Crippen LogP contribution in [0.5, 0.6) is 0 Å². The molecule has 106 valence electrons. The summed E-state index contributed by atoms with van der Waals surface area (Å²) in [5.41, 5.74) is 0. The fourth-order valence-corrected chi connectivity index (χ4v) is 2.01. The number of aliphatic hydroxyl groups excluding tert-OH is 2. The van der Waals surface area contributed by atoms with Crippen molar-refractivity contribution in [3.05, 3.63) is 18.4 Å². The Kier molecular flexibility index (Phi) is 3.20. The van der Waals surface area contributed by atoms with Gasteiger partial charge in [-0.05, 0) is 17.3 Å². The van der Waals surface area contributed by atoms with Crippen molar-refractivity contribution in [1.82, 2.24) is 25.1 Å². The number of furan rings is 1. The molecule has 9 nitrogen and oxygen atoms in total. The molecule has 2 aromatic rings. The maximum Gasteiger partial charge on any atom is 0.246 e. The van der Waals surface area contributed by atoms with Gasteiger partial charge in [0.1, 0.15) is 6.54 Å². The molecule has 0 aliphatic carbocycles. The first-order chi connectivity index (χ1) is 9.63. The Morgan fingerprint density at radius 1 is 1.40 bits per heavy atom. The number of carbonyl (C=O) groups is 1. The van der Waals surface area contributed by atoms with Crippen molar-refractivity contribution in [2.24, 2.45) is 0 Å². The van der Waals surface area contributed by atoms with Crippen molar-refractivity contribution in [3.8, 4) is 11.6 Å². The summed E-state index contributed by atoms with van der Waals surface area (Å²) in [6.45, 7) is 0.118. The molecule has 0 radical (unpaired) electrons. The van der Waals surface area contributed by atoms with Crippen molar-refractivity contribution in [1.29, 1.82) is 0 Å². The Morgan fingerprint density at radius 2 is 2.15 bits per heavy atom. The average molecular weight is 279 g/mol. The highest BCUT2D eigenvalue weighted by molar-refractivity contribution is 5.76. The van der Waals surface area contributed by atoms with E-state index >= 15 is 0 Å². The van der Waals surface area contributed by atoms with Crippen molar-refractivity contribution in [2.75, 3.05) is 13.1 Å². The summed E-state index contributed by atoms with van der Waals surface area (Å²) in [6.07, 6.45) is -0.309. The molecule has 1 saturated heterocycles. The minimum absolute atomic E-state index is 0.104. The third-order valence-corrected chi connectivity index (χ3v) is 3.08. The zero-order valence-corrected chi connectivity index (χ0v) is 10.5. The molecule has 2 N–H and O–H groups in total. The van der Waals surface area contributed by atoms with Crippen LogP contribution in [0.2, 0.25) is 0 Å². The molecule has 0 saturated carbocycles. The molecule has 0 spiro atoms. The average Bonchev–Trinajstić information content (AvgIpc) is 3.11. The van der Waals surface area contributed by atoms with E-state index in [-0.39, 0.29) is 25.5 Å². The molecule has 3 heterocycles. The van der Waals surface area contributed by atoms with Crippen molar-refractivity contribution < 1.29 is 19.4 Å². The lowest BCUT2D eigenvalue weighted by Gasteiger charge is -2.14. The zero-order chi connectivity index (χ0) is 14.1. The molecule has 20 heavy (non-hydrogen) atoms. The number of tetrazole rings is 1. The van der Waals surface area contributed by atoms with Gasteiger partial charge >= 0.3 is 0 Å². The van der Waals surface area contributed by atoms with E-state index in [9.17, 15) is 15.0 Å². The summed E-state index contributed by atoms with van der Waals surface area (Å²) >= 11 is 0. The van der Waals surface area contributed by atoms with E-state index in [2.05, 4.69) is 15.4 Å². The first-order valence-electron chi connectivity index (χ1n) is 6.09. The Bertz CT molecular complexity index is 586. The lowest BCUT2D eigenvalue weighted by atomic mass is 10.3. The van der Waals surface area contributed by atoms with Gasteiger partial charge in [0.05, 0.1) is 18.5 Å². The lowest BCUT2D eigenvalue weighted by Crippen LogP contribution is -2.33. The molecule has 2 aromatic heterocycles. The second kappa shape index (κ2) is 5.02. The van der Waals surface area contributed by atoms with Gasteiger partial charge in [0.25, 0.3) is 0 Å². The molecule has 1 fully saturated rings. The molecule has 1 aliphatic rings. The number of β-amino-alcohol motifs (C(OH)–C–C–N with tert-alkyl or cyclic N) is 2. The molecule has 2 unspecified atom stereocenters. The van der Waals surface area contributed by atoms with Gasteiger partial charge in [-0.1, -0.05) is 0 Å². The normalized spacial score (nSPS) is 22.4. The van der Waals surface area contributed by atoms with Gasteiger partial charge in [-0.3, -0.25) is 4.79 Å². The summed E-state index contributed by atoms with van der Waals surface area (Å²) in [5, 5.41) is 30.4. The Hall–Kier alpha value is -2.26. The van der Waals surface area contributed by atoms with Gasteiger partial charge < -0.3 is 19.5 Å². The number of hydrogen-bond acceptors (Lipinski definition) is 7. The quantitative estimate of drug-likeness (QED) is 0.701. The van der Waals surface area contributed by atoms with Crippen LogP contribution in [-0.4, -0.2) is 66.5 Å². The standard InChI is InChI=1S/C11H13N5O4/c17-7-4-15(5-8(7)18)10(19)6-16-13-11(12-14-16)9-2-1-3-20-9/h1-3,7-8,17-18H,4-6H2. The van der Waals surface area contributed by atoms with E-state index in [1.807, 2.05) is 0 Å². The highest BCUT2D eigenvalue weighted by Crippen LogP contribution is 2.13. The fraction of sp³-hybridized carbons (Fsp3) is 0.455. The highest BCUT2D eigenvalue weighted by atomic mass is 16.3. The van der Waals surface area contributed by atoms with Crippen LogP contribution >= 0.6 is 0 Å². The van der Waals surface area contributed by atoms with Gasteiger partial charge in [-0.25, -0.2) is 0 Å². The topological polar surface area (TPSA) is 118 Å². The first kappa shape index (κ1) is 12.8. The van der Waals surface area contributed by atoms with Crippen LogP contribution in [0.25, 0.3) is 11.6 Å². The van der Waals surface area contributed by atoms with Gasteiger partial charge in [0, 0.05) is 13.1 Å². The van der Waals surface area contributed by atoms with Gasteiger partial charge in [0.2, 0.25) is 11.7 Å². The molecule has 1 aliphatic heterocycles. The minimum atomic E-state index is -0.902. The molecular formula is C11H13N5O4. The van der Waals surface area contributed by atoms with Crippen LogP contribution in [0.4, 0.5) is 0 Å². The number of nitrogens with zero attached hydrogens (tertiary/aromatic N) is 5. The highest BCUT2D eigenvalue weighted by Gasteiger charge is 2.32. The third-order valence-electron chi connectivity index (χ3n) is 3.08. The number of carbonyl (C=O) groups excluding carboxylic acids is 1. The number of likely N-dealkylation sites (tertiary alicyclic amines) is 1. The molecule has 1 amide bonds. The molecule has 2 atom stereocenters. The van der Waals surface area contributed by atoms with Crippen LogP contribution in [0, 0.1) is 0 Å². The van der Waals surface area contributed by atoms with E-state index in [4.69, 9.17) is 4.42 Å². The number of amides is 1. The van der Waals surface area contributed by atoms with E-state index < -0.39 is 12.2 Å². The van der Waals surface area contributed by atoms with Crippen LogP contribution in [0.3, 0.4) is 0 Å². The van der Waals surface area contributed by atoms with Gasteiger partial charge in [-0.2, -0.15) is 4.80 Å². The van der Waals surface area contributed by atoms with Gasteiger partial charge in [-0.15, -0.1) is 10.2 Å². The predicted molar refractivity (Wildman–Crippen MR) is 64.1 cm³/mol. The summed E-state index contributed by atoms with van der Waals surface area (Å²) in [4.78, 5) is 14.5. The molecular weight excluding hydrogens is 266 g/mol. The van der Waals surface area contributed by atoms with E-state index in [0.29, 0.717) is 11.6 Å². The van der Waals surface area contributed by atoms with Crippen molar-refractivity contribution >= 4 is 5.91 Å². The Balaban J connectivity index is 1.65. The molecule has 0 aromatic carbocycles. The number of rotatable bonds is 3. The molecule has 0 bridgehead atoms. The summed E-state index contributed by atoms with van der Waals surface area (Å²) in [5.74, 6) is 0.476. The van der Waals surface area contributed by atoms with Crippen molar-refractivity contribution in [2.45, 2.75) is 18.8 Å². The maximum atomic E-state index is 12.0. The smallest absolute Gasteiger partial charge is 0.246 e. The largest absolute Gasteiger partial charge is 0.461 e. The SMILES string of the molecule is O=C(Cn1nnc(-c2ccco2)n1)N1CC(O)C(O)C1. The maximum absolute atomic E-state index is 12.0. The number of hydrogen-bond donors (Lipinski definition) is 2. The second-order valence-electron chi connectivity index (χ2n) is 4.55. The minimum Gasteiger partial charge on any atom is -0.461 e. The summed E-state index contributed by atoms with van der Waals surface area (Å²) in [7, 11) is 0. The van der Waals surface area contributed by atoms with Crippen LogP contribution in [-0.2, 0) is 11.3 Å². The third kappa shape index (κ3) is 2.40. The Labute approximate surface area is 113 Å². The second-order valence-corrected chi connectivity index (χ2v) is 4.55. The fourth-order valence-electron chi connectivity index (χ4n) is 2.01. The van der Waals surface area contributed by atoms with E-state index in [0.717, 1.165) is 4.80 Å². The van der Waals surface area contributed by atoms with E-state index in [1.54, 1.807) is 12.1 Å². The monoisotopic (exact) mass is 279 g/mol. The number of aromatic nitrogens is 4.